The number of fused-ring (bicyclic) bond motifs is 1. The minimum atomic E-state index is 0.0791. The number of hydrogen-bond donors (Lipinski definition) is 1. The molecule has 2 atom stereocenters. The molecule has 2 aliphatic heterocycles. The number of anilines is 1. The number of piperidine rings is 1. The molecule has 0 bridgehead atoms. The van der Waals surface area contributed by atoms with Crippen LogP contribution in [0, 0.1) is 12.3 Å². The molecular weight excluding hydrogens is 421 g/mol. The quantitative estimate of drug-likeness (QED) is 0.634. The molecule has 1 spiro atoms. The minimum absolute atomic E-state index is 0.0791. The Hall–Kier alpha value is -1.86. The average Bonchev–Trinajstić information content (AvgIpc) is 3.32. The molecule has 0 saturated carbocycles. The smallest absolute Gasteiger partial charge is 0.155 e. The third kappa shape index (κ3) is 3.01. The van der Waals surface area contributed by atoms with Gasteiger partial charge in [-0.15, -0.1) is 0 Å². The third-order valence-electron chi connectivity index (χ3n) is 6.81. The molecular formula is C22H25Cl2N5O. The molecule has 0 aliphatic carbocycles. The van der Waals surface area contributed by atoms with E-state index in [-0.39, 0.29) is 17.6 Å². The van der Waals surface area contributed by atoms with Gasteiger partial charge in [-0.3, -0.25) is 0 Å². The molecule has 1 aromatic carbocycles. The lowest BCUT2D eigenvalue weighted by molar-refractivity contribution is 0.0974. The number of nitrogens with zero attached hydrogens (tertiary/aromatic N) is 4. The summed E-state index contributed by atoms with van der Waals surface area (Å²) in [5.74, 6) is 0.947. The van der Waals surface area contributed by atoms with E-state index in [0.29, 0.717) is 10.0 Å². The highest BCUT2D eigenvalue weighted by atomic mass is 35.5. The van der Waals surface area contributed by atoms with Crippen molar-refractivity contribution in [3.63, 3.8) is 0 Å². The molecule has 0 unspecified atom stereocenters. The van der Waals surface area contributed by atoms with Gasteiger partial charge in [-0.1, -0.05) is 35.3 Å². The summed E-state index contributed by atoms with van der Waals surface area (Å²) in [5.41, 5.74) is 10.1. The number of ether oxygens (including phenoxy) is 1. The Morgan fingerprint density at radius 1 is 1.20 bits per heavy atom. The second-order valence-electron chi connectivity index (χ2n) is 8.49. The first kappa shape index (κ1) is 20.1. The van der Waals surface area contributed by atoms with Crippen molar-refractivity contribution in [1.82, 2.24) is 14.6 Å². The molecule has 2 fully saturated rings. The normalized spacial score (nSPS) is 23.6. The predicted molar refractivity (Wildman–Crippen MR) is 120 cm³/mol. The molecule has 2 saturated heterocycles. The van der Waals surface area contributed by atoms with Gasteiger partial charge in [-0.25, -0.2) is 9.50 Å². The van der Waals surface area contributed by atoms with Crippen LogP contribution >= 0.6 is 23.2 Å². The van der Waals surface area contributed by atoms with Crippen molar-refractivity contribution in [1.29, 1.82) is 0 Å². The Labute approximate surface area is 185 Å². The van der Waals surface area contributed by atoms with Crippen LogP contribution in [0.15, 0.2) is 30.5 Å². The molecule has 5 rings (SSSR count). The Bertz CT molecular complexity index is 1110. The van der Waals surface area contributed by atoms with Crippen LogP contribution in [0.5, 0.6) is 0 Å². The van der Waals surface area contributed by atoms with Gasteiger partial charge in [-0.2, -0.15) is 5.10 Å². The lowest BCUT2D eigenvalue weighted by Crippen LogP contribution is -2.50. The third-order valence-corrected chi connectivity index (χ3v) is 7.63. The molecule has 4 heterocycles. The molecule has 0 amide bonds. The van der Waals surface area contributed by atoms with Gasteiger partial charge < -0.3 is 15.4 Å². The zero-order chi connectivity index (χ0) is 21.0. The van der Waals surface area contributed by atoms with E-state index in [0.717, 1.165) is 60.8 Å². The second-order valence-corrected chi connectivity index (χ2v) is 9.28. The number of nitrogens with two attached hydrogens (primary N) is 1. The maximum atomic E-state index is 6.52. The van der Waals surface area contributed by atoms with Gasteiger partial charge >= 0.3 is 0 Å². The van der Waals surface area contributed by atoms with Crippen molar-refractivity contribution >= 4 is 34.5 Å². The second kappa shape index (κ2) is 7.38. The summed E-state index contributed by atoms with van der Waals surface area (Å²) in [6.07, 6.45) is 3.93. The number of hydrogen-bond acceptors (Lipinski definition) is 5. The number of aryl methyl sites for hydroxylation is 1. The van der Waals surface area contributed by atoms with Crippen molar-refractivity contribution in [2.24, 2.45) is 11.1 Å². The highest BCUT2D eigenvalue weighted by Crippen LogP contribution is 2.43. The van der Waals surface area contributed by atoms with E-state index >= 15 is 0 Å². The maximum absolute atomic E-state index is 6.52. The van der Waals surface area contributed by atoms with E-state index in [2.05, 4.69) is 16.9 Å². The van der Waals surface area contributed by atoms with Crippen molar-refractivity contribution in [2.45, 2.75) is 38.8 Å². The van der Waals surface area contributed by atoms with E-state index in [1.165, 1.54) is 0 Å². The van der Waals surface area contributed by atoms with Crippen LogP contribution in [0.2, 0.25) is 10.0 Å². The van der Waals surface area contributed by atoms with Crippen molar-refractivity contribution in [3.8, 4) is 11.3 Å². The first-order valence-corrected chi connectivity index (χ1v) is 11.1. The topological polar surface area (TPSA) is 68.7 Å². The van der Waals surface area contributed by atoms with E-state index in [1.54, 1.807) is 12.3 Å². The van der Waals surface area contributed by atoms with Crippen molar-refractivity contribution in [2.75, 3.05) is 24.6 Å². The molecule has 3 aromatic rings. The molecule has 6 nitrogen and oxygen atoms in total. The Balaban J connectivity index is 1.52. The van der Waals surface area contributed by atoms with Crippen LogP contribution in [0.3, 0.4) is 0 Å². The fraction of sp³-hybridized carbons (Fsp3) is 0.455. The number of rotatable bonds is 2. The maximum Gasteiger partial charge on any atom is 0.155 e. The van der Waals surface area contributed by atoms with Crippen LogP contribution in [0.4, 0.5) is 5.82 Å². The summed E-state index contributed by atoms with van der Waals surface area (Å²) in [6.45, 7) is 6.61. The molecule has 8 heteroatoms. The van der Waals surface area contributed by atoms with E-state index < -0.39 is 0 Å². The monoisotopic (exact) mass is 445 g/mol. The van der Waals surface area contributed by atoms with Gasteiger partial charge in [0.2, 0.25) is 0 Å². The summed E-state index contributed by atoms with van der Waals surface area (Å²) in [6, 6.07) is 7.72. The summed E-state index contributed by atoms with van der Waals surface area (Å²) in [5, 5.41) is 5.61. The van der Waals surface area contributed by atoms with Crippen LogP contribution < -0.4 is 10.6 Å². The van der Waals surface area contributed by atoms with Gasteiger partial charge in [0.15, 0.2) is 5.82 Å². The standard InChI is InChI=1S/C22H25Cl2N5O/c1-13-19(15-4-3-5-16(23)18(15)24)29-17(6-9-26-29)21(27-13)28-10-7-22(8-11-28)12-30-14(2)20(22)25/h3-6,9,14,20H,7-8,10-12,25H2,1-2H3/t14-,20+/m0/s1. The van der Waals surface area contributed by atoms with Crippen LogP contribution in [-0.4, -0.2) is 46.4 Å². The molecule has 2 aliphatic rings. The fourth-order valence-corrected chi connectivity index (χ4v) is 5.33. The average molecular weight is 446 g/mol. The van der Waals surface area contributed by atoms with Crippen LogP contribution in [0.1, 0.15) is 25.5 Å². The van der Waals surface area contributed by atoms with Crippen molar-refractivity contribution in [3.05, 3.63) is 46.2 Å². The van der Waals surface area contributed by atoms with Gasteiger partial charge in [-0.05, 0) is 38.8 Å². The first-order chi connectivity index (χ1) is 14.4. The van der Waals surface area contributed by atoms with Gasteiger partial charge in [0, 0.05) is 30.1 Å². The summed E-state index contributed by atoms with van der Waals surface area (Å²) in [4.78, 5) is 7.34. The molecule has 158 valence electrons. The van der Waals surface area contributed by atoms with E-state index in [4.69, 9.17) is 38.7 Å². The molecule has 2 N–H and O–H groups in total. The Kier molecular flexibility index (Phi) is 4.93. The minimum Gasteiger partial charge on any atom is -0.376 e. The number of aromatic nitrogens is 3. The summed E-state index contributed by atoms with van der Waals surface area (Å²) >= 11 is 12.8. The van der Waals surface area contributed by atoms with Crippen LogP contribution in [-0.2, 0) is 4.74 Å². The SMILES string of the molecule is Cc1nc(N2CCC3(CC2)CO[C@@H](C)[C@H]3N)c2ccnn2c1-c1cccc(Cl)c1Cl. The molecule has 0 radical (unpaired) electrons. The predicted octanol–water partition coefficient (Wildman–Crippen LogP) is 4.34. The van der Waals surface area contributed by atoms with Gasteiger partial charge in [0.05, 0.1) is 40.3 Å². The molecule has 30 heavy (non-hydrogen) atoms. The zero-order valence-corrected chi connectivity index (χ0v) is 18.6. The van der Waals surface area contributed by atoms with Crippen molar-refractivity contribution < 1.29 is 4.74 Å². The Morgan fingerprint density at radius 3 is 2.67 bits per heavy atom. The highest BCUT2D eigenvalue weighted by Gasteiger charge is 2.47. The Morgan fingerprint density at radius 2 is 1.97 bits per heavy atom. The van der Waals surface area contributed by atoms with Crippen LogP contribution in [0.25, 0.3) is 16.8 Å². The fourth-order valence-electron chi connectivity index (χ4n) is 4.94. The van der Waals surface area contributed by atoms with Gasteiger partial charge in [0.1, 0.15) is 5.52 Å². The van der Waals surface area contributed by atoms with E-state index in [1.807, 2.05) is 29.6 Å². The highest BCUT2D eigenvalue weighted by molar-refractivity contribution is 6.43. The van der Waals surface area contributed by atoms with E-state index in [9.17, 15) is 0 Å². The lowest BCUT2D eigenvalue weighted by Gasteiger charge is -2.41. The largest absolute Gasteiger partial charge is 0.376 e. The molecule has 2 aromatic heterocycles. The number of benzene rings is 1. The lowest BCUT2D eigenvalue weighted by atomic mass is 9.73. The summed E-state index contributed by atoms with van der Waals surface area (Å²) < 4.78 is 7.79. The van der Waals surface area contributed by atoms with Gasteiger partial charge in [0.25, 0.3) is 0 Å². The zero-order valence-electron chi connectivity index (χ0n) is 17.1. The summed E-state index contributed by atoms with van der Waals surface area (Å²) in [7, 11) is 0. The first-order valence-electron chi connectivity index (χ1n) is 10.3. The number of halogens is 2.